The van der Waals surface area contributed by atoms with Gasteiger partial charge in [-0.05, 0) is 39.0 Å². The maximum Gasteiger partial charge on any atom is 0.416 e. The Morgan fingerprint density at radius 3 is 2.39 bits per heavy atom. The minimum atomic E-state index is -4.73. The smallest absolute Gasteiger partial charge is 0.362 e. The third kappa shape index (κ3) is 5.04. The lowest BCUT2D eigenvalue weighted by Gasteiger charge is -2.22. The summed E-state index contributed by atoms with van der Waals surface area (Å²) in [5.41, 5.74) is -1.07. The molecule has 0 bridgehead atoms. The molecular formula is C19H17ClF5N5S. The molecule has 3 aromatic rings. The fraction of sp³-hybridized carbons (Fsp3) is 0.316. The first-order chi connectivity index (χ1) is 14.4. The molecule has 0 aliphatic rings. The average molecular weight is 478 g/mol. The molecule has 5 nitrogen and oxygen atoms in total. The van der Waals surface area contributed by atoms with Crippen molar-refractivity contribution in [2.24, 2.45) is 0 Å². The lowest BCUT2D eigenvalue weighted by atomic mass is 10.1. The van der Waals surface area contributed by atoms with Crippen LogP contribution >= 0.6 is 22.9 Å². The number of anilines is 3. The second-order valence-corrected chi connectivity index (χ2v) is 8.29. The Balaban J connectivity index is 2.13. The summed E-state index contributed by atoms with van der Waals surface area (Å²) in [4.78, 5) is 13.7. The maximum atomic E-state index is 14.3. The molecule has 2 aromatic heterocycles. The van der Waals surface area contributed by atoms with Gasteiger partial charge in [0.15, 0.2) is 16.1 Å². The van der Waals surface area contributed by atoms with Crippen LogP contribution in [0.1, 0.15) is 25.2 Å². The third-order valence-corrected chi connectivity index (χ3v) is 5.66. The van der Waals surface area contributed by atoms with Gasteiger partial charge >= 0.3 is 6.18 Å². The van der Waals surface area contributed by atoms with Gasteiger partial charge in [0, 0.05) is 18.7 Å². The normalized spacial score (nSPS) is 11.8. The molecular weight excluding hydrogens is 461 g/mol. The molecule has 31 heavy (non-hydrogen) atoms. The molecule has 0 saturated heterocycles. The van der Waals surface area contributed by atoms with Crippen molar-refractivity contribution >= 4 is 38.9 Å². The Labute approximate surface area is 183 Å². The molecule has 0 radical (unpaired) electrons. The largest absolute Gasteiger partial charge is 0.416 e. The third-order valence-electron chi connectivity index (χ3n) is 4.35. The molecule has 12 heteroatoms. The van der Waals surface area contributed by atoms with Gasteiger partial charge in [-0.25, -0.2) is 19.3 Å². The van der Waals surface area contributed by atoms with E-state index in [1.807, 2.05) is 13.8 Å². The van der Waals surface area contributed by atoms with E-state index in [1.54, 1.807) is 11.9 Å². The molecule has 1 aromatic carbocycles. The zero-order chi connectivity index (χ0) is 23.1. The summed E-state index contributed by atoms with van der Waals surface area (Å²) in [5, 5.41) is 2.92. The van der Waals surface area contributed by atoms with Gasteiger partial charge in [0.1, 0.15) is 22.3 Å². The van der Waals surface area contributed by atoms with Crippen molar-refractivity contribution in [1.29, 1.82) is 0 Å². The molecule has 166 valence electrons. The van der Waals surface area contributed by atoms with Crippen LogP contribution in [0.2, 0.25) is 5.15 Å². The van der Waals surface area contributed by atoms with Gasteiger partial charge in [-0.1, -0.05) is 22.9 Å². The lowest BCUT2D eigenvalue weighted by molar-refractivity contribution is -0.137. The molecule has 0 saturated carbocycles. The van der Waals surface area contributed by atoms with Gasteiger partial charge in [0.2, 0.25) is 5.82 Å². The van der Waals surface area contributed by atoms with Gasteiger partial charge < -0.3 is 10.2 Å². The van der Waals surface area contributed by atoms with Gasteiger partial charge in [0.05, 0.1) is 5.56 Å². The quantitative estimate of drug-likeness (QED) is 0.338. The van der Waals surface area contributed by atoms with E-state index in [9.17, 15) is 22.0 Å². The molecule has 0 aliphatic carbocycles. The number of hydrogen-bond acceptors (Lipinski definition) is 6. The first-order valence-corrected chi connectivity index (χ1v) is 10.1. The Kier molecular flexibility index (Phi) is 6.38. The van der Waals surface area contributed by atoms with Crippen LogP contribution in [0.3, 0.4) is 0 Å². The predicted molar refractivity (Wildman–Crippen MR) is 111 cm³/mol. The van der Waals surface area contributed by atoms with Crippen LogP contribution in [-0.2, 0) is 6.18 Å². The van der Waals surface area contributed by atoms with E-state index in [0.717, 1.165) is 23.5 Å². The molecule has 0 atom stereocenters. The Morgan fingerprint density at radius 1 is 1.10 bits per heavy atom. The zero-order valence-corrected chi connectivity index (χ0v) is 18.3. The number of nitrogens with one attached hydrogen (secondary N) is 1. The molecule has 0 spiro atoms. The SMILES string of the molecule is Cc1nc(Cl)c(F)c(Nc2nc(-c3cc(F)cc(C(F)(F)F)c3)c(N(C)C(C)C)s2)n1. The number of aryl methyl sites for hydroxylation is 1. The van der Waals surface area contributed by atoms with Crippen molar-refractivity contribution in [3.63, 3.8) is 0 Å². The zero-order valence-electron chi connectivity index (χ0n) is 16.8. The second-order valence-electron chi connectivity index (χ2n) is 6.95. The minimum Gasteiger partial charge on any atom is -0.362 e. The number of aromatic nitrogens is 3. The van der Waals surface area contributed by atoms with Crippen molar-refractivity contribution in [3.05, 3.63) is 46.4 Å². The van der Waals surface area contributed by atoms with Gasteiger partial charge in [-0.3, -0.25) is 0 Å². The molecule has 2 heterocycles. The topological polar surface area (TPSA) is 53.9 Å². The van der Waals surface area contributed by atoms with Crippen molar-refractivity contribution in [2.75, 3.05) is 17.3 Å². The number of halogens is 6. The minimum absolute atomic E-state index is 0.0461. The van der Waals surface area contributed by atoms with Crippen LogP contribution in [0.25, 0.3) is 11.3 Å². The molecule has 0 fully saturated rings. The number of nitrogens with zero attached hydrogens (tertiary/aromatic N) is 4. The highest BCUT2D eigenvalue weighted by atomic mass is 35.5. The highest BCUT2D eigenvalue weighted by Gasteiger charge is 2.32. The van der Waals surface area contributed by atoms with Crippen molar-refractivity contribution in [3.8, 4) is 11.3 Å². The van der Waals surface area contributed by atoms with E-state index < -0.39 is 23.4 Å². The number of thiazole rings is 1. The number of hydrogen-bond donors (Lipinski definition) is 1. The van der Waals surface area contributed by atoms with Crippen LogP contribution in [0.4, 0.5) is 37.9 Å². The average Bonchev–Trinajstić information content (AvgIpc) is 3.07. The van der Waals surface area contributed by atoms with Crippen LogP contribution in [0, 0.1) is 18.6 Å². The van der Waals surface area contributed by atoms with Gasteiger partial charge in [-0.2, -0.15) is 17.6 Å². The molecule has 0 amide bonds. The molecule has 1 N–H and O–H groups in total. The first kappa shape index (κ1) is 23.1. The van der Waals surface area contributed by atoms with E-state index >= 15 is 0 Å². The van der Waals surface area contributed by atoms with Crippen molar-refractivity contribution in [1.82, 2.24) is 15.0 Å². The predicted octanol–water partition coefficient (Wildman–Crippen LogP) is 6.45. The fourth-order valence-electron chi connectivity index (χ4n) is 2.63. The van der Waals surface area contributed by atoms with Gasteiger partial charge in [0.25, 0.3) is 0 Å². The van der Waals surface area contributed by atoms with E-state index in [1.165, 1.54) is 6.92 Å². The lowest BCUT2D eigenvalue weighted by Crippen LogP contribution is -2.25. The second kappa shape index (κ2) is 8.54. The monoisotopic (exact) mass is 477 g/mol. The fourth-order valence-corrected chi connectivity index (χ4v) is 3.92. The van der Waals surface area contributed by atoms with E-state index in [4.69, 9.17) is 11.6 Å². The summed E-state index contributed by atoms with van der Waals surface area (Å²) in [6, 6.07) is 2.17. The van der Waals surface area contributed by atoms with Crippen LogP contribution in [0.5, 0.6) is 0 Å². The van der Waals surface area contributed by atoms with E-state index in [2.05, 4.69) is 20.3 Å². The summed E-state index contributed by atoms with van der Waals surface area (Å²) >= 11 is 6.80. The Morgan fingerprint density at radius 2 is 1.77 bits per heavy atom. The van der Waals surface area contributed by atoms with Crippen LogP contribution in [-0.4, -0.2) is 28.0 Å². The summed E-state index contributed by atoms with van der Waals surface area (Å²) in [6.45, 7) is 5.26. The highest BCUT2D eigenvalue weighted by Crippen LogP contribution is 2.42. The maximum absolute atomic E-state index is 14.3. The summed E-state index contributed by atoms with van der Waals surface area (Å²) < 4.78 is 67.9. The van der Waals surface area contributed by atoms with Crippen molar-refractivity contribution < 1.29 is 22.0 Å². The molecule has 0 unspecified atom stereocenters. The standard InChI is InChI=1S/C19H17ClF5N5S/c1-8(2)30(4)17-14(10-5-11(19(23,24)25)7-12(21)6-10)28-18(31-17)29-16-13(22)15(20)26-9(3)27-16/h5-8H,1-4H3,(H,26,27,28,29). The van der Waals surface area contributed by atoms with Crippen molar-refractivity contribution in [2.45, 2.75) is 33.0 Å². The highest BCUT2D eigenvalue weighted by molar-refractivity contribution is 7.20. The summed E-state index contributed by atoms with van der Waals surface area (Å²) in [5.74, 6) is -1.96. The first-order valence-electron chi connectivity index (χ1n) is 8.95. The van der Waals surface area contributed by atoms with Crippen LogP contribution in [0.15, 0.2) is 18.2 Å². The van der Waals surface area contributed by atoms with E-state index in [0.29, 0.717) is 11.1 Å². The number of alkyl halides is 3. The molecule has 0 aliphatic heterocycles. The van der Waals surface area contributed by atoms with Gasteiger partial charge in [-0.15, -0.1) is 0 Å². The summed E-state index contributed by atoms with van der Waals surface area (Å²) in [6.07, 6.45) is -4.73. The Hall–Kier alpha value is -2.53. The van der Waals surface area contributed by atoms with Crippen LogP contribution < -0.4 is 10.2 Å². The Bertz CT molecular complexity index is 1120. The van der Waals surface area contributed by atoms with E-state index in [-0.39, 0.29) is 39.2 Å². The summed E-state index contributed by atoms with van der Waals surface area (Å²) in [7, 11) is 1.72. The molecule has 3 rings (SSSR count). The number of rotatable bonds is 5. The number of benzene rings is 1.